The average molecular weight is 417 g/mol. The molecule has 0 aromatic rings. The van der Waals surface area contributed by atoms with Gasteiger partial charge in [-0.3, -0.25) is 0 Å². The highest BCUT2D eigenvalue weighted by molar-refractivity contribution is 4.98. The summed E-state index contributed by atoms with van der Waals surface area (Å²) in [5.41, 5.74) is 0. The summed E-state index contributed by atoms with van der Waals surface area (Å²) in [5, 5.41) is 9.31. The smallest absolute Gasteiger partial charge is 0.240 e. The molecule has 0 radical (unpaired) electrons. The molecule has 0 spiro atoms. The monoisotopic (exact) mass is 416 g/mol. The lowest BCUT2D eigenvalue weighted by molar-refractivity contribution is -0.104. The van der Waals surface area contributed by atoms with Crippen LogP contribution in [-0.4, -0.2) is 56.4 Å². The molecule has 6 heteroatoms. The summed E-state index contributed by atoms with van der Waals surface area (Å²) in [6.45, 7) is 8.78. The van der Waals surface area contributed by atoms with E-state index in [1.807, 2.05) is 0 Å². The molecule has 4 rings (SSSR count). The first-order valence-electron chi connectivity index (χ1n) is 12.0. The average Bonchev–Trinajstić information content (AvgIpc) is 3.37. The number of hydrogen-bond donors (Lipinski definition) is 0. The molecule has 2 aliphatic carbocycles. The molecule has 0 aromatic heterocycles. The van der Waals surface area contributed by atoms with Gasteiger partial charge in [-0.2, -0.15) is 5.26 Å². The van der Waals surface area contributed by atoms with E-state index in [1.54, 1.807) is 0 Å². The van der Waals surface area contributed by atoms with Gasteiger partial charge >= 0.3 is 0 Å². The minimum atomic E-state index is -0.127. The summed E-state index contributed by atoms with van der Waals surface area (Å²) in [5.74, 6) is 0.951. The van der Waals surface area contributed by atoms with Crippen LogP contribution in [0, 0.1) is 29.7 Å². The predicted octanol–water partition coefficient (Wildman–Crippen LogP) is 4.29. The van der Waals surface area contributed by atoms with Gasteiger partial charge in [-0.1, -0.05) is 38.5 Å². The number of hydrogen-bond acceptors (Lipinski definition) is 5. The van der Waals surface area contributed by atoms with Crippen LogP contribution >= 0.6 is 0 Å². The Morgan fingerprint density at radius 2 is 1.33 bits per heavy atom. The minimum absolute atomic E-state index is 0.0210. The van der Waals surface area contributed by atoms with E-state index in [-0.39, 0.29) is 36.6 Å². The summed E-state index contributed by atoms with van der Waals surface area (Å²) in [4.78, 5) is 3.65. The van der Waals surface area contributed by atoms with Crippen molar-refractivity contribution in [3.05, 3.63) is 11.4 Å². The van der Waals surface area contributed by atoms with E-state index in [0.717, 1.165) is 25.7 Å². The molecule has 0 aromatic carbocycles. The molecule has 6 nitrogen and oxygen atoms in total. The Hall–Kier alpha value is -1.18. The summed E-state index contributed by atoms with van der Waals surface area (Å²) in [6.07, 6.45) is 12.1. The molecule has 2 aliphatic heterocycles. The molecule has 2 saturated heterocycles. The van der Waals surface area contributed by atoms with Gasteiger partial charge in [0.15, 0.2) is 0 Å². The molecular weight excluding hydrogens is 380 g/mol. The number of fused-ring (bicyclic) bond motifs is 1. The molecule has 2 heterocycles. The van der Waals surface area contributed by atoms with Gasteiger partial charge in [-0.25, -0.2) is 6.57 Å². The van der Waals surface area contributed by atoms with Crippen LogP contribution in [0.2, 0.25) is 0 Å². The van der Waals surface area contributed by atoms with Gasteiger partial charge < -0.3 is 23.8 Å². The molecule has 6 atom stereocenters. The molecule has 0 amide bonds. The van der Waals surface area contributed by atoms with E-state index in [4.69, 9.17) is 25.5 Å². The molecule has 166 valence electrons. The molecule has 4 aliphatic rings. The molecule has 30 heavy (non-hydrogen) atoms. The van der Waals surface area contributed by atoms with Gasteiger partial charge in [-0.05, 0) is 37.5 Å². The highest BCUT2D eigenvalue weighted by Gasteiger charge is 2.51. The van der Waals surface area contributed by atoms with E-state index in [2.05, 4.69) is 10.9 Å². The summed E-state index contributed by atoms with van der Waals surface area (Å²) in [6, 6.07) is 2.32. The number of ether oxygens (including phenoxy) is 4. The molecule has 4 unspecified atom stereocenters. The summed E-state index contributed by atoms with van der Waals surface area (Å²) < 4.78 is 25.1. The van der Waals surface area contributed by atoms with Crippen molar-refractivity contribution in [1.29, 1.82) is 5.26 Å². The topological polar surface area (TPSA) is 65.1 Å². The Kier molecular flexibility index (Phi) is 8.01. The van der Waals surface area contributed by atoms with E-state index in [1.165, 1.54) is 38.5 Å². The van der Waals surface area contributed by atoms with Crippen LogP contribution in [0.15, 0.2) is 0 Å². The molecule has 0 bridgehead atoms. The predicted molar refractivity (Wildman–Crippen MR) is 112 cm³/mol. The molecule has 2 saturated carbocycles. The Bertz CT molecular complexity index is 564. The van der Waals surface area contributed by atoms with Crippen LogP contribution in [0.1, 0.15) is 70.6 Å². The maximum absolute atomic E-state index is 9.31. The lowest BCUT2D eigenvalue weighted by Crippen LogP contribution is -2.40. The summed E-state index contributed by atoms with van der Waals surface area (Å²) in [7, 11) is 0. The minimum Gasteiger partial charge on any atom is -0.370 e. The first kappa shape index (κ1) is 22.0. The second kappa shape index (κ2) is 10.9. The molecular formula is C24H36N2O4. The van der Waals surface area contributed by atoms with E-state index in [9.17, 15) is 5.26 Å². The van der Waals surface area contributed by atoms with Crippen LogP contribution < -0.4 is 0 Å². The lowest BCUT2D eigenvalue weighted by atomic mass is 9.84. The van der Waals surface area contributed by atoms with Crippen molar-refractivity contribution in [3.63, 3.8) is 0 Å². The highest BCUT2D eigenvalue weighted by Crippen LogP contribution is 2.37. The zero-order valence-corrected chi connectivity index (χ0v) is 18.0. The van der Waals surface area contributed by atoms with Crippen LogP contribution in [0.4, 0.5) is 0 Å². The standard InChI is InChI=1S/C24H36N2O4/c1-26-14-20(18-10-6-3-7-11-18)30-22-16-28-23-21(15-27-24(22)23)29-19(12-13-25)17-8-4-2-5-9-17/h17-24H,2-12,14-16H2/t19?,20?,21-,22-,23?,24?/m0/s1. The molecule has 4 fully saturated rings. The van der Waals surface area contributed by atoms with E-state index >= 15 is 0 Å². The van der Waals surface area contributed by atoms with Crippen molar-refractivity contribution in [2.24, 2.45) is 11.8 Å². The zero-order valence-electron chi connectivity index (χ0n) is 18.0. The second-order valence-electron chi connectivity index (χ2n) is 9.52. The van der Waals surface area contributed by atoms with Gasteiger partial charge in [0.05, 0.1) is 31.8 Å². The fourth-order valence-corrected chi connectivity index (χ4v) is 5.93. The third-order valence-electron chi connectivity index (χ3n) is 7.58. The number of nitriles is 1. The fourth-order valence-electron chi connectivity index (χ4n) is 5.93. The molecule has 0 N–H and O–H groups in total. The Balaban J connectivity index is 1.34. The zero-order chi connectivity index (χ0) is 20.8. The summed E-state index contributed by atoms with van der Waals surface area (Å²) >= 11 is 0. The van der Waals surface area contributed by atoms with E-state index < -0.39 is 0 Å². The highest BCUT2D eigenvalue weighted by atomic mass is 16.6. The quantitative estimate of drug-likeness (QED) is 0.553. The maximum Gasteiger partial charge on any atom is 0.240 e. The van der Waals surface area contributed by atoms with E-state index in [0.29, 0.717) is 38.0 Å². The van der Waals surface area contributed by atoms with Crippen LogP contribution in [-0.2, 0) is 18.9 Å². The Labute approximate surface area is 181 Å². The Morgan fingerprint density at radius 1 is 0.833 bits per heavy atom. The van der Waals surface area contributed by atoms with Crippen LogP contribution in [0.3, 0.4) is 0 Å². The van der Waals surface area contributed by atoms with Crippen molar-refractivity contribution < 1.29 is 18.9 Å². The van der Waals surface area contributed by atoms with Gasteiger partial charge in [0.2, 0.25) is 6.54 Å². The maximum atomic E-state index is 9.31. The van der Waals surface area contributed by atoms with Gasteiger partial charge in [0.25, 0.3) is 0 Å². The first-order valence-corrected chi connectivity index (χ1v) is 12.0. The number of rotatable bonds is 8. The van der Waals surface area contributed by atoms with Gasteiger partial charge in [0, 0.05) is 0 Å². The van der Waals surface area contributed by atoms with Gasteiger partial charge in [-0.15, -0.1) is 0 Å². The number of nitrogens with zero attached hydrogens (tertiary/aromatic N) is 2. The fraction of sp³-hybridized carbons (Fsp3) is 0.917. The van der Waals surface area contributed by atoms with Crippen molar-refractivity contribution in [1.82, 2.24) is 0 Å². The van der Waals surface area contributed by atoms with Crippen LogP contribution in [0.25, 0.3) is 4.85 Å². The lowest BCUT2D eigenvalue weighted by Gasteiger charge is -2.31. The van der Waals surface area contributed by atoms with Crippen molar-refractivity contribution in [2.45, 2.75) is 107 Å². The normalized spacial score (nSPS) is 34.7. The van der Waals surface area contributed by atoms with Crippen molar-refractivity contribution >= 4 is 0 Å². The Morgan fingerprint density at radius 3 is 1.83 bits per heavy atom. The SMILES string of the molecule is [C-]#[N+]CC(O[C@H]1COC2C1OC[C@@H]2OC(CC#N)C1CCCCC1)C1CCCCC1. The third-order valence-corrected chi connectivity index (χ3v) is 7.58. The van der Waals surface area contributed by atoms with Gasteiger partial charge in [0.1, 0.15) is 30.5 Å². The third kappa shape index (κ3) is 5.17. The second-order valence-corrected chi connectivity index (χ2v) is 9.52. The van der Waals surface area contributed by atoms with Crippen molar-refractivity contribution in [3.8, 4) is 6.07 Å². The van der Waals surface area contributed by atoms with Crippen molar-refractivity contribution in [2.75, 3.05) is 19.8 Å². The van der Waals surface area contributed by atoms with Crippen LogP contribution in [0.5, 0.6) is 0 Å². The largest absolute Gasteiger partial charge is 0.370 e. The first-order chi connectivity index (χ1) is 14.8.